The Balaban J connectivity index is 1.34. The first-order valence-corrected chi connectivity index (χ1v) is 15.2. The summed E-state index contributed by atoms with van der Waals surface area (Å²) < 4.78 is 0. The molecule has 0 N–H and O–H groups in total. The summed E-state index contributed by atoms with van der Waals surface area (Å²) in [5.41, 5.74) is 8.79. The first-order valence-electron chi connectivity index (χ1n) is 15.2. The second kappa shape index (κ2) is 6.95. The van der Waals surface area contributed by atoms with E-state index in [9.17, 15) is 0 Å². The van der Waals surface area contributed by atoms with Crippen LogP contribution in [0.1, 0.15) is 139 Å². The molecule has 0 spiro atoms. The van der Waals surface area contributed by atoms with Gasteiger partial charge in [-0.1, -0.05) is 53.7 Å². The fourth-order valence-electron chi connectivity index (χ4n) is 11.9. The van der Waals surface area contributed by atoms with Crippen LogP contribution in [-0.2, 0) is 0 Å². The standard InChI is InChI=1S/C34H50/c1-19-24(27-17-22-9-12-30(27)33(22,4)5)14-20(26-16-21-8-11-29(26)32(21,2)3)15-25(19)28-18-23-10-13-31(28)34(23,6)7/h14-15,21-23,26-31H,8-13,16-18H2,1-7H3. The summed E-state index contributed by atoms with van der Waals surface area (Å²) in [5.74, 6) is 8.07. The second-order valence-electron chi connectivity index (χ2n) is 16.0. The van der Waals surface area contributed by atoms with Crippen LogP contribution < -0.4 is 0 Å². The van der Waals surface area contributed by atoms with Crippen molar-refractivity contribution in [2.45, 2.75) is 124 Å². The van der Waals surface area contributed by atoms with E-state index in [0.29, 0.717) is 16.2 Å². The minimum atomic E-state index is 0.552. The van der Waals surface area contributed by atoms with Gasteiger partial charge in [-0.3, -0.25) is 0 Å². The second-order valence-corrected chi connectivity index (χ2v) is 16.0. The van der Waals surface area contributed by atoms with E-state index in [4.69, 9.17) is 0 Å². The number of hydrogen-bond acceptors (Lipinski definition) is 0. The molecule has 0 heteroatoms. The maximum atomic E-state index is 2.81. The van der Waals surface area contributed by atoms with Gasteiger partial charge >= 0.3 is 0 Å². The molecule has 1 aromatic carbocycles. The minimum absolute atomic E-state index is 0.552. The first kappa shape index (κ1) is 22.4. The van der Waals surface area contributed by atoms with Crippen molar-refractivity contribution in [2.75, 3.05) is 0 Å². The predicted molar refractivity (Wildman–Crippen MR) is 143 cm³/mol. The third-order valence-electron chi connectivity index (χ3n) is 14.3. The molecule has 6 fully saturated rings. The van der Waals surface area contributed by atoms with Gasteiger partial charge in [-0.2, -0.15) is 0 Å². The van der Waals surface area contributed by atoms with E-state index >= 15 is 0 Å². The maximum absolute atomic E-state index is 2.81. The number of benzene rings is 1. The zero-order valence-corrected chi connectivity index (χ0v) is 23.2. The van der Waals surface area contributed by atoms with Crippen LogP contribution in [-0.4, -0.2) is 0 Å². The summed E-state index contributed by atoms with van der Waals surface area (Å²) in [7, 11) is 0. The summed E-state index contributed by atoms with van der Waals surface area (Å²) >= 11 is 0. The number of fused-ring (bicyclic) bond motifs is 6. The summed E-state index contributed by atoms with van der Waals surface area (Å²) in [6.45, 7) is 18.2. The smallest absolute Gasteiger partial charge is 0.0123 e. The molecule has 186 valence electrons. The molecule has 34 heavy (non-hydrogen) atoms. The SMILES string of the molecule is Cc1c(C2CC3CCC2C3(C)C)cc(C2CC3CCC2C3(C)C)cc1C1CC2CCC1C2(C)C. The fraction of sp³-hybridized carbons (Fsp3) is 0.824. The Morgan fingerprint density at radius 1 is 0.529 bits per heavy atom. The van der Waals surface area contributed by atoms with E-state index in [-0.39, 0.29) is 0 Å². The molecule has 0 amide bonds. The molecule has 1 aromatic rings. The van der Waals surface area contributed by atoms with Crippen molar-refractivity contribution >= 4 is 0 Å². The zero-order chi connectivity index (χ0) is 23.8. The summed E-state index contributed by atoms with van der Waals surface area (Å²) in [6.07, 6.45) is 13.3. The van der Waals surface area contributed by atoms with Gasteiger partial charge in [0.25, 0.3) is 0 Å². The molecule has 0 saturated heterocycles. The van der Waals surface area contributed by atoms with Gasteiger partial charge in [0.1, 0.15) is 0 Å². The van der Waals surface area contributed by atoms with Crippen molar-refractivity contribution in [2.24, 2.45) is 51.8 Å². The van der Waals surface area contributed by atoms with E-state index in [2.05, 4.69) is 60.6 Å². The van der Waals surface area contributed by atoms with Crippen LogP contribution >= 0.6 is 0 Å². The molecule has 0 aromatic heterocycles. The van der Waals surface area contributed by atoms with Gasteiger partial charge < -0.3 is 0 Å². The van der Waals surface area contributed by atoms with Crippen molar-refractivity contribution in [1.29, 1.82) is 0 Å². The highest BCUT2D eigenvalue weighted by Gasteiger charge is 2.57. The van der Waals surface area contributed by atoms with Crippen molar-refractivity contribution in [3.63, 3.8) is 0 Å². The van der Waals surface area contributed by atoms with Gasteiger partial charge in [0.05, 0.1) is 0 Å². The van der Waals surface area contributed by atoms with Gasteiger partial charge in [-0.25, -0.2) is 0 Å². The summed E-state index contributed by atoms with van der Waals surface area (Å²) in [4.78, 5) is 0. The molecular weight excluding hydrogens is 408 g/mol. The quantitative estimate of drug-likeness (QED) is 0.423. The maximum Gasteiger partial charge on any atom is -0.0123 e. The lowest BCUT2D eigenvalue weighted by Crippen LogP contribution is -2.22. The molecule has 9 unspecified atom stereocenters. The first-order chi connectivity index (χ1) is 16.0. The van der Waals surface area contributed by atoms with Crippen LogP contribution in [0.4, 0.5) is 0 Å². The lowest BCUT2D eigenvalue weighted by molar-refractivity contribution is 0.251. The Morgan fingerprint density at radius 3 is 1.18 bits per heavy atom. The highest BCUT2D eigenvalue weighted by atomic mass is 14.6. The van der Waals surface area contributed by atoms with Crippen LogP contribution in [0, 0.1) is 58.7 Å². The lowest BCUT2D eigenvalue weighted by Gasteiger charge is -2.34. The molecule has 0 nitrogen and oxygen atoms in total. The summed E-state index contributed by atoms with van der Waals surface area (Å²) in [5, 5.41) is 0. The molecular formula is C34H50. The number of hydrogen-bond donors (Lipinski definition) is 0. The Labute approximate surface area is 210 Å². The molecule has 6 bridgehead atoms. The van der Waals surface area contributed by atoms with Gasteiger partial charge in [0.15, 0.2) is 0 Å². The molecule has 7 rings (SSSR count). The zero-order valence-electron chi connectivity index (χ0n) is 23.2. The summed E-state index contributed by atoms with van der Waals surface area (Å²) in [6, 6.07) is 5.61. The Morgan fingerprint density at radius 2 is 0.882 bits per heavy atom. The van der Waals surface area contributed by atoms with E-state index in [1.807, 2.05) is 11.1 Å². The van der Waals surface area contributed by atoms with Crippen molar-refractivity contribution in [3.05, 3.63) is 34.4 Å². The molecule has 6 aliphatic carbocycles. The average Bonchev–Trinajstić information content (AvgIpc) is 3.56. The average molecular weight is 459 g/mol. The van der Waals surface area contributed by atoms with Gasteiger partial charge in [-0.05, 0) is 156 Å². The largest absolute Gasteiger partial charge is 0.0594 e. The van der Waals surface area contributed by atoms with E-state index in [0.717, 1.165) is 53.3 Å². The third kappa shape index (κ3) is 2.73. The molecule has 0 aliphatic heterocycles. The van der Waals surface area contributed by atoms with Gasteiger partial charge in [0, 0.05) is 0 Å². The van der Waals surface area contributed by atoms with Crippen LogP contribution in [0.25, 0.3) is 0 Å². The molecule has 6 saturated carbocycles. The van der Waals surface area contributed by atoms with E-state index < -0.39 is 0 Å². The molecule has 0 heterocycles. The highest BCUT2D eigenvalue weighted by molar-refractivity contribution is 5.47. The van der Waals surface area contributed by atoms with Crippen molar-refractivity contribution in [1.82, 2.24) is 0 Å². The normalized spacial score (nSPS) is 46.6. The van der Waals surface area contributed by atoms with Crippen LogP contribution in [0.3, 0.4) is 0 Å². The predicted octanol–water partition coefficient (Wildman–Crippen LogP) is 9.61. The van der Waals surface area contributed by atoms with Gasteiger partial charge in [0.2, 0.25) is 0 Å². The van der Waals surface area contributed by atoms with Crippen molar-refractivity contribution in [3.8, 4) is 0 Å². The van der Waals surface area contributed by atoms with Crippen LogP contribution in [0.15, 0.2) is 12.1 Å². The number of rotatable bonds is 3. The van der Waals surface area contributed by atoms with Crippen LogP contribution in [0.5, 0.6) is 0 Å². The Hall–Kier alpha value is -0.780. The Bertz CT molecular complexity index is 948. The molecule has 6 aliphatic rings. The van der Waals surface area contributed by atoms with Crippen LogP contribution in [0.2, 0.25) is 0 Å². The fourth-order valence-corrected chi connectivity index (χ4v) is 11.9. The van der Waals surface area contributed by atoms with Crippen molar-refractivity contribution < 1.29 is 0 Å². The lowest BCUT2D eigenvalue weighted by atomic mass is 9.71. The third-order valence-corrected chi connectivity index (χ3v) is 14.3. The molecule has 9 atom stereocenters. The monoisotopic (exact) mass is 458 g/mol. The Kier molecular flexibility index (Phi) is 4.58. The minimum Gasteiger partial charge on any atom is -0.0594 e. The van der Waals surface area contributed by atoms with E-state index in [1.165, 1.54) is 57.8 Å². The van der Waals surface area contributed by atoms with E-state index in [1.54, 1.807) is 11.1 Å². The topological polar surface area (TPSA) is 0 Å². The molecule has 0 radical (unpaired) electrons. The highest BCUT2D eigenvalue weighted by Crippen LogP contribution is 2.68. The van der Waals surface area contributed by atoms with Gasteiger partial charge in [-0.15, -0.1) is 0 Å².